The summed E-state index contributed by atoms with van der Waals surface area (Å²) >= 11 is 0. The molecule has 0 N–H and O–H groups in total. The lowest BCUT2D eigenvalue weighted by Crippen LogP contribution is -2.44. The number of rotatable bonds is 3. The minimum Gasteiger partial charge on any atom is -0.170 e. The van der Waals surface area contributed by atoms with E-state index in [1.165, 1.54) is 6.92 Å². The topological polar surface area (TPSA) is 0 Å². The molecule has 0 rings (SSSR count). The van der Waals surface area contributed by atoms with Gasteiger partial charge in [0.2, 0.25) is 0 Å². The Morgan fingerprint density at radius 2 is 1.46 bits per heavy atom. The summed E-state index contributed by atoms with van der Waals surface area (Å²) in [5.41, 5.74) is -1.55. The van der Waals surface area contributed by atoms with E-state index >= 15 is 0 Å². The highest BCUT2D eigenvalue weighted by atomic mass is 19.4. The molecular formula is C10H19F3. The number of alkyl halides is 3. The summed E-state index contributed by atoms with van der Waals surface area (Å²) in [5.74, 6) is -0.699. The molecule has 0 aromatic rings. The third-order valence-corrected chi connectivity index (χ3v) is 3.45. The van der Waals surface area contributed by atoms with Crippen molar-refractivity contribution in [2.24, 2.45) is 17.3 Å². The monoisotopic (exact) mass is 196 g/mol. The molecule has 0 bridgehead atoms. The third-order valence-electron chi connectivity index (χ3n) is 3.45. The second-order valence-corrected chi connectivity index (χ2v) is 4.24. The lowest BCUT2D eigenvalue weighted by molar-refractivity contribution is -0.250. The maximum Gasteiger partial charge on any atom is 0.394 e. The van der Waals surface area contributed by atoms with Crippen molar-refractivity contribution in [1.82, 2.24) is 0 Å². The lowest BCUT2D eigenvalue weighted by Gasteiger charge is -2.40. The number of hydrogen-bond donors (Lipinski definition) is 0. The molecule has 80 valence electrons. The molecule has 0 radical (unpaired) electrons. The molecule has 3 heteroatoms. The predicted molar refractivity (Wildman–Crippen MR) is 48.5 cm³/mol. The van der Waals surface area contributed by atoms with Crippen molar-refractivity contribution in [3.05, 3.63) is 0 Å². The van der Waals surface area contributed by atoms with E-state index < -0.39 is 11.6 Å². The van der Waals surface area contributed by atoms with Crippen LogP contribution in [0, 0.1) is 17.3 Å². The predicted octanol–water partition coefficient (Wildman–Crippen LogP) is 4.26. The molecule has 2 atom stereocenters. The van der Waals surface area contributed by atoms with Gasteiger partial charge in [0.15, 0.2) is 0 Å². The quantitative estimate of drug-likeness (QED) is 0.632. The molecule has 0 nitrogen and oxygen atoms in total. The first-order valence-electron chi connectivity index (χ1n) is 4.74. The smallest absolute Gasteiger partial charge is 0.170 e. The summed E-state index contributed by atoms with van der Waals surface area (Å²) in [6.07, 6.45) is -3.54. The summed E-state index contributed by atoms with van der Waals surface area (Å²) < 4.78 is 38.4. The lowest BCUT2D eigenvalue weighted by atomic mass is 9.68. The standard InChI is InChI=1S/C10H19F3/c1-6-8(4)9(5,7(2)3)10(11,12)13/h7-8H,6H2,1-5H3. The summed E-state index contributed by atoms with van der Waals surface area (Å²) in [4.78, 5) is 0. The van der Waals surface area contributed by atoms with E-state index in [2.05, 4.69) is 0 Å². The zero-order chi connectivity index (χ0) is 10.9. The minimum absolute atomic E-state index is 0.326. The van der Waals surface area contributed by atoms with Crippen molar-refractivity contribution in [1.29, 1.82) is 0 Å². The summed E-state index contributed by atoms with van der Waals surface area (Å²) in [6.45, 7) is 8.08. The van der Waals surface area contributed by atoms with Crippen LogP contribution in [0.2, 0.25) is 0 Å². The normalized spacial score (nSPS) is 20.1. The highest BCUT2D eigenvalue weighted by molar-refractivity contribution is 4.88. The Morgan fingerprint density at radius 1 is 1.08 bits per heavy atom. The van der Waals surface area contributed by atoms with Gasteiger partial charge < -0.3 is 0 Å². The Hall–Kier alpha value is -0.210. The second kappa shape index (κ2) is 3.89. The van der Waals surface area contributed by atoms with Gasteiger partial charge in [-0.2, -0.15) is 13.2 Å². The van der Waals surface area contributed by atoms with Gasteiger partial charge in [0, 0.05) is 0 Å². The average molecular weight is 196 g/mol. The Balaban J connectivity index is 4.96. The van der Waals surface area contributed by atoms with Crippen LogP contribution in [0.5, 0.6) is 0 Å². The van der Waals surface area contributed by atoms with Crippen LogP contribution in [0.15, 0.2) is 0 Å². The van der Waals surface area contributed by atoms with Gasteiger partial charge >= 0.3 is 6.18 Å². The van der Waals surface area contributed by atoms with Crippen molar-refractivity contribution in [2.75, 3.05) is 0 Å². The van der Waals surface area contributed by atoms with E-state index in [1.54, 1.807) is 27.7 Å². The first-order chi connectivity index (χ1) is 5.67. The minimum atomic E-state index is -4.10. The van der Waals surface area contributed by atoms with E-state index in [4.69, 9.17) is 0 Å². The Labute approximate surface area is 78.5 Å². The number of halogens is 3. The van der Waals surface area contributed by atoms with Crippen molar-refractivity contribution >= 4 is 0 Å². The van der Waals surface area contributed by atoms with Gasteiger partial charge in [-0.15, -0.1) is 0 Å². The summed E-state index contributed by atoms with van der Waals surface area (Å²) in [7, 11) is 0. The van der Waals surface area contributed by atoms with Crippen molar-refractivity contribution in [2.45, 2.75) is 47.2 Å². The maximum absolute atomic E-state index is 12.8. The molecule has 0 saturated carbocycles. The Kier molecular flexibility index (Phi) is 3.82. The molecule has 0 aromatic heterocycles. The molecule has 0 aliphatic carbocycles. The van der Waals surface area contributed by atoms with Crippen LogP contribution in [-0.2, 0) is 0 Å². The fraction of sp³-hybridized carbons (Fsp3) is 1.00. The van der Waals surface area contributed by atoms with Crippen molar-refractivity contribution < 1.29 is 13.2 Å². The molecular weight excluding hydrogens is 177 g/mol. The Bertz CT molecular complexity index is 160. The van der Waals surface area contributed by atoms with E-state index in [-0.39, 0.29) is 11.8 Å². The van der Waals surface area contributed by atoms with Gasteiger partial charge in [-0.1, -0.05) is 41.0 Å². The van der Waals surface area contributed by atoms with Gasteiger partial charge in [0.05, 0.1) is 5.41 Å². The van der Waals surface area contributed by atoms with E-state index in [0.29, 0.717) is 6.42 Å². The summed E-state index contributed by atoms with van der Waals surface area (Å²) in [5, 5.41) is 0. The van der Waals surface area contributed by atoms with Gasteiger partial charge in [-0.3, -0.25) is 0 Å². The van der Waals surface area contributed by atoms with Gasteiger partial charge in [0.1, 0.15) is 0 Å². The van der Waals surface area contributed by atoms with Crippen LogP contribution in [0.3, 0.4) is 0 Å². The fourth-order valence-corrected chi connectivity index (χ4v) is 1.60. The number of hydrogen-bond acceptors (Lipinski definition) is 0. The van der Waals surface area contributed by atoms with Gasteiger partial charge in [-0.25, -0.2) is 0 Å². The van der Waals surface area contributed by atoms with Crippen LogP contribution in [0.25, 0.3) is 0 Å². The molecule has 13 heavy (non-hydrogen) atoms. The Morgan fingerprint density at radius 3 is 1.54 bits per heavy atom. The van der Waals surface area contributed by atoms with E-state index in [1.807, 2.05) is 0 Å². The maximum atomic E-state index is 12.8. The first kappa shape index (κ1) is 12.8. The molecule has 0 amide bonds. The third kappa shape index (κ3) is 2.18. The molecule has 0 aromatic carbocycles. The van der Waals surface area contributed by atoms with Crippen LogP contribution >= 0.6 is 0 Å². The van der Waals surface area contributed by atoms with Crippen LogP contribution in [0.1, 0.15) is 41.0 Å². The largest absolute Gasteiger partial charge is 0.394 e. The van der Waals surface area contributed by atoms with E-state index in [9.17, 15) is 13.2 Å². The molecule has 0 saturated heterocycles. The fourth-order valence-electron chi connectivity index (χ4n) is 1.60. The van der Waals surface area contributed by atoms with Crippen LogP contribution in [0.4, 0.5) is 13.2 Å². The highest BCUT2D eigenvalue weighted by Crippen LogP contribution is 2.50. The molecule has 0 fully saturated rings. The second-order valence-electron chi connectivity index (χ2n) is 4.24. The van der Waals surface area contributed by atoms with Crippen molar-refractivity contribution in [3.63, 3.8) is 0 Å². The zero-order valence-corrected chi connectivity index (χ0v) is 9.00. The molecule has 0 aliphatic rings. The highest BCUT2D eigenvalue weighted by Gasteiger charge is 2.55. The van der Waals surface area contributed by atoms with Gasteiger partial charge in [0.25, 0.3) is 0 Å². The van der Waals surface area contributed by atoms with Gasteiger partial charge in [-0.05, 0) is 11.8 Å². The molecule has 0 spiro atoms. The van der Waals surface area contributed by atoms with E-state index in [0.717, 1.165) is 0 Å². The summed E-state index contributed by atoms with van der Waals surface area (Å²) in [6, 6.07) is 0. The van der Waals surface area contributed by atoms with Crippen molar-refractivity contribution in [3.8, 4) is 0 Å². The molecule has 2 unspecified atom stereocenters. The molecule has 0 heterocycles. The SMILES string of the molecule is CCC(C)C(C)(C(C)C)C(F)(F)F. The zero-order valence-electron chi connectivity index (χ0n) is 9.00. The van der Waals surface area contributed by atoms with Crippen LogP contribution in [-0.4, -0.2) is 6.18 Å². The molecule has 0 aliphatic heterocycles. The van der Waals surface area contributed by atoms with Crippen LogP contribution < -0.4 is 0 Å². The average Bonchev–Trinajstić information content (AvgIpc) is 1.98. The first-order valence-corrected chi connectivity index (χ1v) is 4.74.